The van der Waals surface area contributed by atoms with Crippen molar-refractivity contribution in [2.75, 3.05) is 40.4 Å². The lowest BCUT2D eigenvalue weighted by Gasteiger charge is -2.14. The number of hydrogen-bond donors (Lipinski definition) is 2. The first-order valence-corrected chi connectivity index (χ1v) is 9.05. The van der Waals surface area contributed by atoms with Gasteiger partial charge in [0.05, 0.1) is 46.7 Å². The quantitative estimate of drug-likeness (QED) is 0.626. The first-order valence-electron chi connectivity index (χ1n) is 9.05. The summed E-state index contributed by atoms with van der Waals surface area (Å²) in [7, 11) is 6.22. The molecule has 29 heavy (non-hydrogen) atoms. The van der Waals surface area contributed by atoms with Crippen LogP contribution in [0.15, 0.2) is 30.3 Å². The van der Waals surface area contributed by atoms with Gasteiger partial charge in [-0.2, -0.15) is 0 Å². The molecule has 7 heteroatoms. The number of rotatable bonds is 9. The molecule has 2 aromatic rings. The minimum absolute atomic E-state index is 0.227. The van der Waals surface area contributed by atoms with Gasteiger partial charge in [-0.3, -0.25) is 4.79 Å². The first-order chi connectivity index (χ1) is 14.0. The number of anilines is 1. The summed E-state index contributed by atoms with van der Waals surface area (Å²) >= 11 is 0. The molecule has 2 aromatic carbocycles. The number of nitrogens with one attached hydrogen (secondary N) is 1. The molecule has 156 valence electrons. The molecule has 1 atom stereocenters. The zero-order valence-corrected chi connectivity index (χ0v) is 17.3. The lowest BCUT2D eigenvalue weighted by atomic mass is 10.1. The van der Waals surface area contributed by atoms with Crippen molar-refractivity contribution in [1.29, 1.82) is 0 Å². The molecule has 1 amide bonds. The third kappa shape index (κ3) is 5.42. The molecule has 0 radical (unpaired) electrons. The smallest absolute Gasteiger partial charge is 0.229 e. The fraction of sp³-hybridized carbons (Fsp3) is 0.318. The van der Waals surface area contributed by atoms with E-state index in [-0.39, 0.29) is 12.5 Å². The number of amides is 1. The highest BCUT2D eigenvalue weighted by atomic mass is 16.5. The SMILES string of the molecule is COc1ccc(C=Cc2cc(OC)c(OC)c(OC)c2)cc1NC(=O)C(C)CO. The normalized spacial score (nSPS) is 11.8. The zero-order chi connectivity index (χ0) is 21.4. The van der Waals surface area contributed by atoms with Gasteiger partial charge in [-0.1, -0.05) is 25.1 Å². The topological polar surface area (TPSA) is 86.3 Å². The molecule has 2 rings (SSSR count). The predicted octanol–water partition coefficient (Wildman–Crippen LogP) is 3.46. The highest BCUT2D eigenvalue weighted by Gasteiger charge is 2.15. The molecule has 0 spiro atoms. The Balaban J connectivity index is 2.33. The maximum Gasteiger partial charge on any atom is 0.229 e. The molecular weight excluding hydrogens is 374 g/mol. The van der Waals surface area contributed by atoms with Gasteiger partial charge in [0.2, 0.25) is 11.7 Å². The van der Waals surface area contributed by atoms with Gasteiger partial charge in [-0.25, -0.2) is 0 Å². The van der Waals surface area contributed by atoms with Gasteiger partial charge in [0.15, 0.2) is 11.5 Å². The van der Waals surface area contributed by atoms with Crippen molar-refractivity contribution in [1.82, 2.24) is 0 Å². The molecule has 0 saturated carbocycles. The number of benzene rings is 2. The molecule has 0 saturated heterocycles. The molecule has 2 N–H and O–H groups in total. The van der Waals surface area contributed by atoms with E-state index in [2.05, 4.69) is 5.32 Å². The van der Waals surface area contributed by atoms with Crippen LogP contribution in [0.5, 0.6) is 23.0 Å². The lowest BCUT2D eigenvalue weighted by Crippen LogP contribution is -2.23. The Labute approximate surface area is 170 Å². The van der Waals surface area contributed by atoms with Crippen LogP contribution in [0.25, 0.3) is 12.2 Å². The van der Waals surface area contributed by atoms with Gasteiger partial charge in [0.25, 0.3) is 0 Å². The van der Waals surface area contributed by atoms with Crippen molar-refractivity contribution >= 4 is 23.7 Å². The largest absolute Gasteiger partial charge is 0.495 e. The second-order valence-electron chi connectivity index (χ2n) is 6.32. The Morgan fingerprint density at radius 3 is 2.03 bits per heavy atom. The van der Waals surface area contributed by atoms with Crippen LogP contribution in [0.3, 0.4) is 0 Å². The monoisotopic (exact) mass is 401 g/mol. The van der Waals surface area contributed by atoms with Gasteiger partial charge < -0.3 is 29.4 Å². The van der Waals surface area contributed by atoms with E-state index in [1.807, 2.05) is 30.4 Å². The number of aliphatic hydroxyl groups excluding tert-OH is 1. The van der Waals surface area contributed by atoms with Gasteiger partial charge >= 0.3 is 0 Å². The number of ether oxygens (including phenoxy) is 4. The van der Waals surface area contributed by atoms with Crippen molar-refractivity contribution in [2.45, 2.75) is 6.92 Å². The number of carbonyl (C=O) groups is 1. The van der Waals surface area contributed by atoms with Crippen molar-refractivity contribution in [3.63, 3.8) is 0 Å². The van der Waals surface area contributed by atoms with E-state index in [1.54, 1.807) is 40.4 Å². The second-order valence-corrected chi connectivity index (χ2v) is 6.32. The zero-order valence-electron chi connectivity index (χ0n) is 17.3. The summed E-state index contributed by atoms with van der Waals surface area (Å²) in [6, 6.07) is 9.13. The van der Waals surface area contributed by atoms with Crippen LogP contribution in [-0.2, 0) is 4.79 Å². The minimum atomic E-state index is -0.516. The summed E-state index contributed by atoms with van der Waals surface area (Å²) in [6.45, 7) is 1.42. The minimum Gasteiger partial charge on any atom is -0.495 e. The predicted molar refractivity (Wildman–Crippen MR) is 113 cm³/mol. The van der Waals surface area contributed by atoms with E-state index in [1.165, 1.54) is 7.11 Å². The van der Waals surface area contributed by atoms with E-state index >= 15 is 0 Å². The second kappa shape index (κ2) is 10.4. The molecule has 0 fully saturated rings. The van der Waals surface area contributed by atoms with Gasteiger partial charge in [0, 0.05) is 0 Å². The van der Waals surface area contributed by atoms with E-state index < -0.39 is 5.92 Å². The van der Waals surface area contributed by atoms with E-state index in [4.69, 9.17) is 24.1 Å². The van der Waals surface area contributed by atoms with Crippen LogP contribution in [0.4, 0.5) is 5.69 Å². The highest BCUT2D eigenvalue weighted by Crippen LogP contribution is 2.38. The molecule has 0 aromatic heterocycles. The molecule has 0 heterocycles. The third-order valence-electron chi connectivity index (χ3n) is 4.36. The summed E-state index contributed by atoms with van der Waals surface area (Å²) in [4.78, 5) is 12.1. The van der Waals surface area contributed by atoms with Crippen LogP contribution in [0.2, 0.25) is 0 Å². The Morgan fingerprint density at radius 2 is 1.52 bits per heavy atom. The maximum atomic E-state index is 12.1. The van der Waals surface area contributed by atoms with Crippen LogP contribution in [0, 0.1) is 5.92 Å². The van der Waals surface area contributed by atoms with Crippen molar-refractivity contribution < 1.29 is 28.8 Å². The molecule has 0 aliphatic carbocycles. The standard InChI is InChI=1S/C22H27NO6/c1-14(13-24)22(25)23-17-10-15(8-9-18(17)26-2)6-7-16-11-19(27-3)21(29-5)20(12-16)28-4/h6-12,14,24H,13H2,1-5H3,(H,23,25). The summed E-state index contributed by atoms with van der Waals surface area (Å²) in [5, 5.41) is 12.0. The fourth-order valence-corrected chi connectivity index (χ4v) is 2.66. The number of hydrogen-bond acceptors (Lipinski definition) is 6. The van der Waals surface area contributed by atoms with E-state index in [0.29, 0.717) is 28.7 Å². The summed E-state index contributed by atoms with van der Waals surface area (Å²) in [5.41, 5.74) is 2.24. The van der Waals surface area contributed by atoms with Crippen LogP contribution >= 0.6 is 0 Å². The fourth-order valence-electron chi connectivity index (χ4n) is 2.66. The van der Waals surface area contributed by atoms with Crippen molar-refractivity contribution in [3.05, 3.63) is 41.5 Å². The average Bonchev–Trinajstić information content (AvgIpc) is 2.76. The van der Waals surface area contributed by atoms with Crippen LogP contribution < -0.4 is 24.3 Å². The number of methoxy groups -OCH3 is 4. The number of carbonyl (C=O) groups excluding carboxylic acids is 1. The molecule has 0 aliphatic heterocycles. The van der Waals surface area contributed by atoms with Crippen molar-refractivity contribution in [2.24, 2.45) is 5.92 Å². The molecule has 1 unspecified atom stereocenters. The van der Waals surface area contributed by atoms with Crippen molar-refractivity contribution in [3.8, 4) is 23.0 Å². The Kier molecular flexibility index (Phi) is 7.91. The van der Waals surface area contributed by atoms with Gasteiger partial charge in [0.1, 0.15) is 5.75 Å². The Hall–Kier alpha value is -3.19. The van der Waals surface area contributed by atoms with E-state index in [9.17, 15) is 4.79 Å². The first kappa shape index (κ1) is 22.1. The van der Waals surface area contributed by atoms with Crippen LogP contribution in [-0.4, -0.2) is 46.1 Å². The highest BCUT2D eigenvalue weighted by molar-refractivity contribution is 5.94. The third-order valence-corrected chi connectivity index (χ3v) is 4.36. The molecule has 7 nitrogen and oxygen atoms in total. The summed E-state index contributed by atoms with van der Waals surface area (Å²) in [5.74, 6) is 1.39. The summed E-state index contributed by atoms with van der Waals surface area (Å²) in [6.07, 6.45) is 3.79. The number of aliphatic hydroxyl groups is 1. The molecule has 0 bridgehead atoms. The Bertz CT molecular complexity index is 853. The molecular formula is C22H27NO6. The van der Waals surface area contributed by atoms with Gasteiger partial charge in [-0.05, 0) is 35.4 Å². The van der Waals surface area contributed by atoms with E-state index in [0.717, 1.165) is 11.1 Å². The Morgan fingerprint density at radius 1 is 0.931 bits per heavy atom. The average molecular weight is 401 g/mol. The summed E-state index contributed by atoms with van der Waals surface area (Å²) < 4.78 is 21.4. The maximum absolute atomic E-state index is 12.1. The lowest BCUT2D eigenvalue weighted by molar-refractivity contribution is -0.120. The molecule has 0 aliphatic rings. The van der Waals surface area contributed by atoms with Gasteiger partial charge in [-0.15, -0.1) is 0 Å². The van der Waals surface area contributed by atoms with Crippen LogP contribution in [0.1, 0.15) is 18.1 Å².